The van der Waals surface area contributed by atoms with E-state index in [4.69, 9.17) is 5.11 Å². The maximum atomic E-state index is 8.49. The molecule has 1 aliphatic rings. The van der Waals surface area contributed by atoms with Crippen molar-refractivity contribution < 1.29 is 5.11 Å². The molecule has 0 aromatic heterocycles. The highest BCUT2D eigenvalue weighted by Crippen LogP contribution is 2.39. The van der Waals surface area contributed by atoms with E-state index in [2.05, 4.69) is 6.26 Å². The number of aliphatic hydroxyl groups is 1. The average molecular weight is 118 g/mol. The largest absolute Gasteiger partial charge is 0.396 e. The fraction of sp³-hybridized carbons (Fsp3) is 1.00. The van der Waals surface area contributed by atoms with Crippen LogP contribution in [0.3, 0.4) is 0 Å². The number of aliphatic hydroxyl groups excluding tert-OH is 1. The highest BCUT2D eigenvalue weighted by atomic mass is 32.2. The Balaban J connectivity index is 2.06. The Bertz CT molecular complexity index is 57.1. The molecule has 0 saturated heterocycles. The van der Waals surface area contributed by atoms with Gasteiger partial charge in [0.15, 0.2) is 0 Å². The van der Waals surface area contributed by atoms with E-state index in [1.807, 2.05) is 11.8 Å². The van der Waals surface area contributed by atoms with Gasteiger partial charge in [-0.15, -0.1) is 0 Å². The Hall–Kier alpha value is 0.310. The molecule has 0 heterocycles. The first-order valence-electron chi connectivity index (χ1n) is 2.52. The number of thioether (sulfide) groups is 1. The van der Waals surface area contributed by atoms with Crippen LogP contribution < -0.4 is 0 Å². The lowest BCUT2D eigenvalue weighted by molar-refractivity contribution is 0.277. The summed E-state index contributed by atoms with van der Waals surface area (Å²) in [5.74, 6) is 0.634. The van der Waals surface area contributed by atoms with Crippen LogP contribution in [-0.4, -0.2) is 23.2 Å². The van der Waals surface area contributed by atoms with Gasteiger partial charge in [0.2, 0.25) is 0 Å². The molecule has 2 atom stereocenters. The Kier molecular flexibility index (Phi) is 1.60. The van der Waals surface area contributed by atoms with Crippen molar-refractivity contribution in [1.82, 2.24) is 0 Å². The molecule has 7 heavy (non-hydrogen) atoms. The van der Waals surface area contributed by atoms with Crippen molar-refractivity contribution in [2.24, 2.45) is 5.92 Å². The standard InChI is InChI=1S/C5H10OS/c1-7-5-2-4(5)3-6/h4-6H,2-3H2,1H3. The van der Waals surface area contributed by atoms with Crippen LogP contribution in [-0.2, 0) is 0 Å². The molecule has 42 valence electrons. The van der Waals surface area contributed by atoms with Crippen molar-refractivity contribution in [2.45, 2.75) is 11.7 Å². The van der Waals surface area contributed by atoms with Crippen LogP contribution in [0.15, 0.2) is 0 Å². The van der Waals surface area contributed by atoms with Gasteiger partial charge in [-0.1, -0.05) is 0 Å². The van der Waals surface area contributed by atoms with E-state index in [1.54, 1.807) is 0 Å². The van der Waals surface area contributed by atoms with Crippen molar-refractivity contribution in [3.05, 3.63) is 0 Å². The highest BCUT2D eigenvalue weighted by molar-refractivity contribution is 7.99. The second kappa shape index (κ2) is 2.05. The number of hydrogen-bond acceptors (Lipinski definition) is 2. The zero-order chi connectivity index (χ0) is 5.28. The molecule has 1 fully saturated rings. The van der Waals surface area contributed by atoms with Gasteiger partial charge in [-0.05, 0) is 18.6 Å². The van der Waals surface area contributed by atoms with Gasteiger partial charge in [-0.25, -0.2) is 0 Å². The molecule has 0 aromatic rings. The van der Waals surface area contributed by atoms with Crippen LogP contribution in [0.5, 0.6) is 0 Å². The summed E-state index contributed by atoms with van der Waals surface area (Å²) >= 11 is 1.86. The van der Waals surface area contributed by atoms with Crippen LogP contribution >= 0.6 is 11.8 Å². The van der Waals surface area contributed by atoms with Crippen LogP contribution in [0.4, 0.5) is 0 Å². The van der Waals surface area contributed by atoms with Crippen LogP contribution in [0.25, 0.3) is 0 Å². The summed E-state index contributed by atoms with van der Waals surface area (Å²) in [7, 11) is 0. The van der Waals surface area contributed by atoms with E-state index in [-0.39, 0.29) is 0 Å². The van der Waals surface area contributed by atoms with Gasteiger partial charge in [0.25, 0.3) is 0 Å². The third-order valence-corrected chi connectivity index (χ3v) is 2.58. The lowest BCUT2D eigenvalue weighted by atomic mass is 10.5. The first kappa shape index (κ1) is 5.45. The van der Waals surface area contributed by atoms with E-state index in [0.29, 0.717) is 12.5 Å². The van der Waals surface area contributed by atoms with Gasteiger partial charge in [-0.3, -0.25) is 0 Å². The highest BCUT2D eigenvalue weighted by Gasteiger charge is 2.34. The van der Waals surface area contributed by atoms with Gasteiger partial charge in [0.1, 0.15) is 0 Å². The SMILES string of the molecule is CSC1CC1CO. The summed E-state index contributed by atoms with van der Waals surface area (Å²) < 4.78 is 0. The molecule has 1 nitrogen and oxygen atoms in total. The Morgan fingerprint density at radius 1 is 1.86 bits per heavy atom. The van der Waals surface area contributed by atoms with E-state index >= 15 is 0 Å². The maximum absolute atomic E-state index is 8.49. The lowest BCUT2D eigenvalue weighted by Crippen LogP contribution is -1.86. The van der Waals surface area contributed by atoms with Crippen LogP contribution in [0.1, 0.15) is 6.42 Å². The van der Waals surface area contributed by atoms with Crippen molar-refractivity contribution in [2.75, 3.05) is 12.9 Å². The molecular weight excluding hydrogens is 108 g/mol. The molecule has 0 aromatic carbocycles. The average Bonchev–Trinajstić information content (AvgIpc) is 2.43. The predicted molar refractivity (Wildman–Crippen MR) is 32.5 cm³/mol. The molecule has 0 bridgehead atoms. The smallest absolute Gasteiger partial charge is 0.0470 e. The first-order chi connectivity index (χ1) is 3.38. The minimum absolute atomic E-state index is 0.394. The third kappa shape index (κ3) is 1.10. The molecule has 0 aliphatic heterocycles. The van der Waals surface area contributed by atoms with Gasteiger partial charge < -0.3 is 5.11 Å². The zero-order valence-electron chi connectivity index (χ0n) is 4.42. The molecule has 0 radical (unpaired) electrons. The Morgan fingerprint density at radius 2 is 2.57 bits per heavy atom. The predicted octanol–water partition coefficient (Wildman–Crippen LogP) is 0.730. The second-order valence-electron chi connectivity index (χ2n) is 1.95. The minimum atomic E-state index is 0.394. The van der Waals surface area contributed by atoms with Crippen molar-refractivity contribution in [1.29, 1.82) is 0 Å². The molecule has 1 saturated carbocycles. The normalized spacial score (nSPS) is 38.6. The van der Waals surface area contributed by atoms with E-state index in [1.165, 1.54) is 6.42 Å². The molecule has 1 N–H and O–H groups in total. The molecule has 0 spiro atoms. The van der Waals surface area contributed by atoms with Crippen molar-refractivity contribution >= 4 is 11.8 Å². The van der Waals surface area contributed by atoms with E-state index in [9.17, 15) is 0 Å². The van der Waals surface area contributed by atoms with E-state index in [0.717, 1.165) is 5.25 Å². The Morgan fingerprint density at radius 3 is 2.71 bits per heavy atom. The van der Waals surface area contributed by atoms with Gasteiger partial charge in [0.05, 0.1) is 0 Å². The maximum Gasteiger partial charge on any atom is 0.0470 e. The number of rotatable bonds is 2. The monoisotopic (exact) mass is 118 g/mol. The molecule has 2 heteroatoms. The fourth-order valence-corrected chi connectivity index (χ4v) is 1.61. The van der Waals surface area contributed by atoms with Crippen molar-refractivity contribution in [3.8, 4) is 0 Å². The van der Waals surface area contributed by atoms with Crippen molar-refractivity contribution in [3.63, 3.8) is 0 Å². The summed E-state index contributed by atoms with van der Waals surface area (Å²) in [5, 5.41) is 9.28. The summed E-state index contributed by atoms with van der Waals surface area (Å²) in [6.45, 7) is 0.394. The molecule has 2 unspecified atom stereocenters. The van der Waals surface area contributed by atoms with Gasteiger partial charge >= 0.3 is 0 Å². The van der Waals surface area contributed by atoms with Crippen LogP contribution in [0.2, 0.25) is 0 Å². The Labute approximate surface area is 48.1 Å². The quantitative estimate of drug-likeness (QED) is 0.577. The fourth-order valence-electron chi connectivity index (χ4n) is 0.701. The summed E-state index contributed by atoms with van der Waals surface area (Å²) in [6.07, 6.45) is 3.33. The molecule has 1 aliphatic carbocycles. The molecule has 1 rings (SSSR count). The van der Waals surface area contributed by atoms with Gasteiger partial charge in [0, 0.05) is 11.9 Å². The minimum Gasteiger partial charge on any atom is -0.396 e. The van der Waals surface area contributed by atoms with E-state index < -0.39 is 0 Å². The van der Waals surface area contributed by atoms with Gasteiger partial charge in [-0.2, -0.15) is 11.8 Å². The topological polar surface area (TPSA) is 20.2 Å². The summed E-state index contributed by atoms with van der Waals surface area (Å²) in [6, 6.07) is 0. The number of hydrogen-bond donors (Lipinski definition) is 1. The lowest BCUT2D eigenvalue weighted by Gasteiger charge is -1.85. The zero-order valence-corrected chi connectivity index (χ0v) is 5.24. The molecule has 0 amide bonds. The van der Waals surface area contributed by atoms with Crippen LogP contribution in [0, 0.1) is 5.92 Å². The third-order valence-electron chi connectivity index (χ3n) is 1.39. The second-order valence-corrected chi connectivity index (χ2v) is 3.03. The summed E-state index contributed by atoms with van der Waals surface area (Å²) in [4.78, 5) is 0. The summed E-state index contributed by atoms with van der Waals surface area (Å²) in [5.41, 5.74) is 0. The molecular formula is C5H10OS. The first-order valence-corrected chi connectivity index (χ1v) is 3.81.